The highest BCUT2D eigenvalue weighted by molar-refractivity contribution is 7.90. The highest BCUT2D eigenvalue weighted by Gasteiger charge is 2.36. The van der Waals surface area contributed by atoms with E-state index in [0.29, 0.717) is 18.4 Å². The molecule has 2 rings (SSSR count). The van der Waals surface area contributed by atoms with Gasteiger partial charge in [0.2, 0.25) is 10.0 Å². The molecule has 0 bridgehead atoms. The SMILES string of the molecule is O=C(O)C(CNS(=O)(=O)C1CC1)c1ccc(F)cc1. The van der Waals surface area contributed by atoms with E-state index in [4.69, 9.17) is 5.11 Å². The largest absolute Gasteiger partial charge is 0.481 e. The Morgan fingerprint density at radius 2 is 1.95 bits per heavy atom. The lowest BCUT2D eigenvalue weighted by Gasteiger charge is -2.13. The number of halogens is 1. The van der Waals surface area contributed by atoms with Gasteiger partial charge in [0.15, 0.2) is 0 Å². The monoisotopic (exact) mass is 287 g/mol. The summed E-state index contributed by atoms with van der Waals surface area (Å²) in [5.74, 6) is -2.63. The zero-order chi connectivity index (χ0) is 14.0. The number of aliphatic carboxylic acids is 1. The lowest BCUT2D eigenvalue weighted by atomic mass is 10.00. The van der Waals surface area contributed by atoms with Gasteiger partial charge >= 0.3 is 5.97 Å². The molecule has 1 aliphatic carbocycles. The van der Waals surface area contributed by atoms with Crippen LogP contribution in [0.3, 0.4) is 0 Å². The van der Waals surface area contributed by atoms with E-state index >= 15 is 0 Å². The number of sulfonamides is 1. The van der Waals surface area contributed by atoms with Crippen LogP contribution < -0.4 is 4.72 Å². The molecule has 19 heavy (non-hydrogen) atoms. The van der Waals surface area contributed by atoms with E-state index in [1.54, 1.807) is 0 Å². The van der Waals surface area contributed by atoms with Crippen molar-refractivity contribution in [2.75, 3.05) is 6.54 Å². The van der Waals surface area contributed by atoms with Crippen LogP contribution in [0.5, 0.6) is 0 Å². The van der Waals surface area contributed by atoms with E-state index < -0.39 is 33.0 Å². The predicted octanol–water partition coefficient (Wildman–Crippen LogP) is 1.08. The third kappa shape index (κ3) is 3.51. The fourth-order valence-corrected chi connectivity index (χ4v) is 3.13. The first-order valence-electron chi connectivity index (χ1n) is 5.87. The summed E-state index contributed by atoms with van der Waals surface area (Å²) in [7, 11) is -3.42. The molecule has 7 heteroatoms. The minimum Gasteiger partial charge on any atom is -0.481 e. The first-order valence-corrected chi connectivity index (χ1v) is 7.41. The first-order chi connectivity index (χ1) is 8.90. The molecule has 0 heterocycles. The first kappa shape index (κ1) is 14.0. The van der Waals surface area contributed by atoms with E-state index in [9.17, 15) is 17.6 Å². The Hall–Kier alpha value is -1.47. The quantitative estimate of drug-likeness (QED) is 0.820. The molecule has 1 fully saturated rings. The van der Waals surface area contributed by atoms with E-state index in [1.807, 2.05) is 0 Å². The highest BCUT2D eigenvalue weighted by Crippen LogP contribution is 2.27. The average molecular weight is 287 g/mol. The van der Waals surface area contributed by atoms with Gasteiger partial charge in [-0.05, 0) is 30.5 Å². The zero-order valence-electron chi connectivity index (χ0n) is 10.0. The summed E-state index contributed by atoms with van der Waals surface area (Å²) in [6.07, 6.45) is 1.23. The molecule has 5 nitrogen and oxygen atoms in total. The Kier molecular flexibility index (Phi) is 3.86. The molecule has 0 spiro atoms. The van der Waals surface area contributed by atoms with E-state index in [1.165, 1.54) is 12.1 Å². The molecule has 0 aromatic heterocycles. The van der Waals surface area contributed by atoms with E-state index in [-0.39, 0.29) is 6.54 Å². The fraction of sp³-hybridized carbons (Fsp3) is 0.417. The third-order valence-electron chi connectivity index (χ3n) is 3.02. The Bertz CT molecular complexity index is 566. The van der Waals surface area contributed by atoms with Crippen molar-refractivity contribution in [2.24, 2.45) is 0 Å². The van der Waals surface area contributed by atoms with Gasteiger partial charge in [-0.1, -0.05) is 12.1 Å². The van der Waals surface area contributed by atoms with Crippen LogP contribution in [0.4, 0.5) is 4.39 Å². The number of hydrogen-bond donors (Lipinski definition) is 2. The van der Waals surface area contributed by atoms with Crippen molar-refractivity contribution in [3.63, 3.8) is 0 Å². The summed E-state index contributed by atoms with van der Waals surface area (Å²) in [6, 6.07) is 5.00. The second-order valence-electron chi connectivity index (χ2n) is 4.54. The number of carboxylic acid groups (broad SMARTS) is 1. The maximum Gasteiger partial charge on any atom is 0.312 e. The van der Waals surface area contributed by atoms with Crippen LogP contribution in [-0.2, 0) is 14.8 Å². The van der Waals surface area contributed by atoms with Crippen LogP contribution in [0.25, 0.3) is 0 Å². The van der Waals surface area contributed by atoms with Gasteiger partial charge in [0.05, 0.1) is 11.2 Å². The van der Waals surface area contributed by atoms with Gasteiger partial charge in [0, 0.05) is 6.54 Å². The van der Waals surface area contributed by atoms with Crippen molar-refractivity contribution >= 4 is 16.0 Å². The van der Waals surface area contributed by atoms with Gasteiger partial charge in [-0.2, -0.15) is 0 Å². The predicted molar refractivity (Wildman–Crippen MR) is 66.7 cm³/mol. The Morgan fingerprint density at radius 1 is 1.37 bits per heavy atom. The number of carbonyl (C=O) groups is 1. The molecule has 0 aliphatic heterocycles. The van der Waals surface area contributed by atoms with Crippen molar-refractivity contribution in [2.45, 2.75) is 24.0 Å². The van der Waals surface area contributed by atoms with Crippen molar-refractivity contribution in [3.05, 3.63) is 35.6 Å². The summed E-state index contributed by atoms with van der Waals surface area (Å²) in [5, 5.41) is 8.73. The second kappa shape index (κ2) is 5.26. The zero-order valence-corrected chi connectivity index (χ0v) is 10.9. The van der Waals surface area contributed by atoms with Crippen LogP contribution in [-0.4, -0.2) is 31.3 Å². The number of carboxylic acids is 1. The highest BCUT2D eigenvalue weighted by atomic mass is 32.2. The Labute approximate surface area is 110 Å². The van der Waals surface area contributed by atoms with Crippen LogP contribution in [0.15, 0.2) is 24.3 Å². The molecule has 1 aliphatic rings. The fourth-order valence-electron chi connectivity index (χ4n) is 1.74. The molecule has 0 amide bonds. The van der Waals surface area contributed by atoms with Crippen molar-refractivity contribution in [3.8, 4) is 0 Å². The van der Waals surface area contributed by atoms with E-state index in [2.05, 4.69) is 4.72 Å². The van der Waals surface area contributed by atoms with E-state index in [0.717, 1.165) is 12.1 Å². The minimum absolute atomic E-state index is 0.222. The van der Waals surface area contributed by atoms with Crippen molar-refractivity contribution in [1.29, 1.82) is 0 Å². The topological polar surface area (TPSA) is 83.5 Å². The molecular formula is C12H14FNO4S. The number of rotatable bonds is 6. The molecule has 1 unspecified atom stereocenters. The summed E-state index contributed by atoms with van der Waals surface area (Å²) in [6.45, 7) is -0.222. The third-order valence-corrected chi connectivity index (χ3v) is 4.94. The Balaban J connectivity index is 2.08. The maximum atomic E-state index is 12.8. The molecule has 1 aromatic carbocycles. The molecule has 0 saturated heterocycles. The minimum atomic E-state index is -3.42. The lowest BCUT2D eigenvalue weighted by Crippen LogP contribution is -2.33. The van der Waals surface area contributed by atoms with Gasteiger partial charge in [-0.15, -0.1) is 0 Å². The molecule has 0 radical (unpaired) electrons. The van der Waals surface area contributed by atoms with Gasteiger partial charge in [0.1, 0.15) is 5.82 Å². The summed E-state index contributed by atoms with van der Waals surface area (Å²) < 4.78 is 38.4. The molecule has 1 saturated carbocycles. The van der Waals surface area contributed by atoms with Gasteiger partial charge in [-0.25, -0.2) is 17.5 Å². The van der Waals surface area contributed by atoms with Gasteiger partial charge in [0.25, 0.3) is 0 Å². The summed E-state index contributed by atoms with van der Waals surface area (Å²) in [5.41, 5.74) is 0.368. The molecular weight excluding hydrogens is 273 g/mol. The van der Waals surface area contributed by atoms with Crippen molar-refractivity contribution in [1.82, 2.24) is 4.72 Å². The average Bonchev–Trinajstić information content (AvgIpc) is 3.15. The number of hydrogen-bond acceptors (Lipinski definition) is 3. The normalized spacial score (nSPS) is 17.1. The summed E-state index contributed by atoms with van der Waals surface area (Å²) in [4.78, 5) is 11.2. The standard InChI is InChI=1S/C12H14FNO4S/c13-9-3-1-8(2-4-9)11(12(15)16)7-14-19(17,18)10-5-6-10/h1-4,10-11,14H,5-7H2,(H,15,16). The van der Waals surface area contributed by atoms with Crippen LogP contribution in [0.2, 0.25) is 0 Å². The molecule has 1 aromatic rings. The van der Waals surface area contributed by atoms with Gasteiger partial charge in [-0.3, -0.25) is 4.79 Å². The smallest absolute Gasteiger partial charge is 0.312 e. The van der Waals surface area contributed by atoms with Gasteiger partial charge < -0.3 is 5.11 Å². The van der Waals surface area contributed by atoms with Crippen LogP contribution in [0, 0.1) is 5.82 Å². The molecule has 2 N–H and O–H groups in total. The lowest BCUT2D eigenvalue weighted by molar-refractivity contribution is -0.138. The second-order valence-corrected chi connectivity index (χ2v) is 6.58. The Morgan fingerprint density at radius 3 is 2.42 bits per heavy atom. The summed E-state index contributed by atoms with van der Waals surface area (Å²) >= 11 is 0. The number of nitrogens with one attached hydrogen (secondary N) is 1. The maximum absolute atomic E-state index is 12.8. The van der Waals surface area contributed by atoms with Crippen molar-refractivity contribution < 1.29 is 22.7 Å². The van der Waals surface area contributed by atoms with Crippen LogP contribution >= 0.6 is 0 Å². The van der Waals surface area contributed by atoms with Crippen LogP contribution in [0.1, 0.15) is 24.3 Å². The number of benzene rings is 1. The molecule has 104 valence electrons. The molecule has 1 atom stereocenters.